The molecule has 0 spiro atoms. The highest BCUT2D eigenvalue weighted by atomic mass is 79.9. The number of hydroxylamine groups is 1. The minimum atomic E-state index is -3.69. The third-order valence-electron chi connectivity index (χ3n) is 4.00. The molecule has 0 saturated carbocycles. The van der Waals surface area contributed by atoms with Gasteiger partial charge in [0, 0.05) is 18.8 Å². The number of halogens is 2. The normalized spacial score (nSPS) is 18.6. The van der Waals surface area contributed by atoms with Crippen molar-refractivity contribution in [3.63, 3.8) is 0 Å². The van der Waals surface area contributed by atoms with E-state index in [9.17, 15) is 18.0 Å². The average molecular weight is 495 g/mol. The number of thioether (sulfide) groups is 1. The van der Waals surface area contributed by atoms with Crippen molar-refractivity contribution in [2.45, 2.75) is 11.4 Å². The Morgan fingerprint density at radius 3 is 2.96 bits per heavy atom. The Morgan fingerprint density at radius 1 is 1.54 bits per heavy atom. The van der Waals surface area contributed by atoms with E-state index in [2.05, 4.69) is 31.2 Å². The highest BCUT2D eigenvalue weighted by molar-refractivity contribution is 9.10. The lowest BCUT2D eigenvalue weighted by Crippen LogP contribution is -2.34. The molecule has 14 heteroatoms. The number of nitrogens with one attached hydrogen (secondary N) is 1. The van der Waals surface area contributed by atoms with E-state index in [1.807, 2.05) is 5.48 Å². The van der Waals surface area contributed by atoms with Gasteiger partial charge in [-0.1, -0.05) is 0 Å². The third-order valence-corrected chi connectivity index (χ3v) is 6.84. The van der Waals surface area contributed by atoms with Gasteiger partial charge in [-0.25, -0.2) is 19.2 Å². The summed E-state index contributed by atoms with van der Waals surface area (Å²) in [7, 11) is -3.69. The predicted octanol–water partition coefficient (Wildman–Crippen LogP) is 1.65. The van der Waals surface area contributed by atoms with Gasteiger partial charge in [0.25, 0.3) is 10.2 Å². The SMILES string of the molecule is NS(=O)(=O)N1CCC(CSc2nonc2C(=Nc2ccc(F)c(Br)c2)NO)C1. The van der Waals surface area contributed by atoms with E-state index in [0.29, 0.717) is 36.0 Å². The van der Waals surface area contributed by atoms with E-state index >= 15 is 0 Å². The van der Waals surface area contributed by atoms with Crippen molar-refractivity contribution < 1.29 is 22.6 Å². The predicted molar refractivity (Wildman–Crippen MR) is 103 cm³/mol. The molecule has 3 rings (SSSR count). The Hall–Kier alpha value is -1.58. The standard InChI is InChI=1S/C14H16BrFN6O4S2/c15-10-5-9(1-2-11(10)16)18-13(19-23)12-14(21-26-20-12)27-7-8-3-4-22(6-8)28(17,24)25/h1-2,5,8,23H,3-4,6-7H2,(H,18,19)(H2,17,24,25). The van der Waals surface area contributed by atoms with Crippen LogP contribution in [-0.4, -0.2) is 52.9 Å². The van der Waals surface area contributed by atoms with E-state index in [-0.39, 0.29) is 21.9 Å². The van der Waals surface area contributed by atoms with Crippen molar-refractivity contribution >= 4 is 49.4 Å². The van der Waals surface area contributed by atoms with Gasteiger partial charge in [-0.05, 0) is 56.8 Å². The van der Waals surface area contributed by atoms with Gasteiger partial charge in [-0.2, -0.15) is 12.7 Å². The van der Waals surface area contributed by atoms with Crippen LogP contribution in [0.25, 0.3) is 0 Å². The largest absolute Gasteiger partial charge is 0.290 e. The maximum atomic E-state index is 13.4. The molecule has 0 bridgehead atoms. The number of benzene rings is 1. The van der Waals surface area contributed by atoms with Gasteiger partial charge in [-0.15, -0.1) is 11.8 Å². The Balaban J connectivity index is 1.71. The van der Waals surface area contributed by atoms with E-state index in [1.54, 1.807) is 0 Å². The Labute approximate surface area is 172 Å². The zero-order valence-electron chi connectivity index (χ0n) is 14.2. The number of aromatic nitrogens is 2. The summed E-state index contributed by atoms with van der Waals surface area (Å²) in [4.78, 5) is 4.19. The quantitative estimate of drug-likeness (QED) is 0.237. The number of hydrogen-bond donors (Lipinski definition) is 3. The van der Waals surface area contributed by atoms with Crippen LogP contribution in [0.2, 0.25) is 0 Å². The number of nitrogens with two attached hydrogens (primary N) is 1. The van der Waals surface area contributed by atoms with Gasteiger partial charge < -0.3 is 0 Å². The zero-order valence-corrected chi connectivity index (χ0v) is 17.5. The number of aliphatic imine (C=N–C) groups is 1. The summed E-state index contributed by atoms with van der Waals surface area (Å²) in [5, 5.41) is 22.5. The molecule has 0 aliphatic carbocycles. The van der Waals surface area contributed by atoms with Crippen LogP contribution in [0.4, 0.5) is 10.1 Å². The summed E-state index contributed by atoms with van der Waals surface area (Å²) < 4.78 is 42.3. The van der Waals surface area contributed by atoms with Crippen molar-refractivity contribution in [2.24, 2.45) is 16.0 Å². The zero-order chi connectivity index (χ0) is 20.3. The number of amidine groups is 1. The minimum Gasteiger partial charge on any atom is -0.290 e. The number of rotatable bonds is 6. The van der Waals surface area contributed by atoms with Crippen LogP contribution < -0.4 is 10.6 Å². The van der Waals surface area contributed by atoms with Gasteiger partial charge in [0.2, 0.25) is 0 Å². The van der Waals surface area contributed by atoms with Crippen LogP contribution in [0, 0.1) is 11.7 Å². The van der Waals surface area contributed by atoms with Gasteiger partial charge in [0.15, 0.2) is 16.6 Å². The first-order chi connectivity index (χ1) is 13.3. The molecule has 10 nitrogen and oxygen atoms in total. The highest BCUT2D eigenvalue weighted by Crippen LogP contribution is 2.28. The maximum Gasteiger partial charge on any atom is 0.276 e. The molecule has 1 aliphatic rings. The molecule has 2 heterocycles. The van der Waals surface area contributed by atoms with Gasteiger partial charge in [-0.3, -0.25) is 10.7 Å². The molecule has 1 saturated heterocycles. The van der Waals surface area contributed by atoms with Crippen LogP contribution >= 0.6 is 27.7 Å². The molecule has 1 atom stereocenters. The lowest BCUT2D eigenvalue weighted by molar-refractivity contribution is 0.234. The van der Waals surface area contributed by atoms with E-state index < -0.39 is 16.0 Å². The molecule has 152 valence electrons. The Morgan fingerprint density at radius 2 is 2.32 bits per heavy atom. The molecule has 1 aromatic carbocycles. The summed E-state index contributed by atoms with van der Waals surface area (Å²) in [5.74, 6) is 0.166. The van der Waals surface area contributed by atoms with Crippen LogP contribution in [0.5, 0.6) is 0 Å². The van der Waals surface area contributed by atoms with Crippen molar-refractivity contribution in [1.29, 1.82) is 0 Å². The third kappa shape index (κ3) is 5.07. The fourth-order valence-electron chi connectivity index (χ4n) is 2.60. The number of nitrogens with zero attached hydrogens (tertiary/aromatic N) is 4. The molecule has 1 aliphatic heterocycles. The van der Waals surface area contributed by atoms with Crippen molar-refractivity contribution in [3.05, 3.63) is 34.2 Å². The first-order valence-electron chi connectivity index (χ1n) is 7.95. The summed E-state index contributed by atoms with van der Waals surface area (Å²) in [6.07, 6.45) is 0.673. The molecule has 1 aromatic heterocycles. The molecular formula is C14H16BrFN6O4S2. The minimum absolute atomic E-state index is 0.0279. The Bertz CT molecular complexity index is 986. The van der Waals surface area contributed by atoms with E-state index in [1.165, 1.54) is 34.3 Å². The fraction of sp³-hybridized carbons (Fsp3) is 0.357. The molecule has 2 aromatic rings. The lowest BCUT2D eigenvalue weighted by atomic mass is 10.2. The molecule has 0 amide bonds. The van der Waals surface area contributed by atoms with Gasteiger partial charge in [0.05, 0.1) is 10.2 Å². The number of hydrogen-bond acceptors (Lipinski definition) is 8. The topological polar surface area (TPSA) is 147 Å². The average Bonchev–Trinajstić information content (AvgIpc) is 3.29. The summed E-state index contributed by atoms with van der Waals surface area (Å²) in [6, 6.07) is 4.09. The van der Waals surface area contributed by atoms with Crippen LogP contribution in [-0.2, 0) is 10.2 Å². The summed E-state index contributed by atoms with van der Waals surface area (Å²) in [6.45, 7) is 0.702. The summed E-state index contributed by atoms with van der Waals surface area (Å²) >= 11 is 4.36. The molecular weight excluding hydrogens is 479 g/mol. The highest BCUT2D eigenvalue weighted by Gasteiger charge is 2.29. The summed E-state index contributed by atoms with van der Waals surface area (Å²) in [5.41, 5.74) is 2.48. The maximum absolute atomic E-state index is 13.4. The van der Waals surface area contributed by atoms with E-state index in [0.717, 1.165) is 0 Å². The second-order valence-electron chi connectivity index (χ2n) is 5.96. The molecule has 1 unspecified atom stereocenters. The monoisotopic (exact) mass is 494 g/mol. The van der Waals surface area contributed by atoms with Gasteiger partial charge >= 0.3 is 0 Å². The smallest absolute Gasteiger partial charge is 0.276 e. The lowest BCUT2D eigenvalue weighted by Gasteiger charge is -2.12. The van der Waals surface area contributed by atoms with E-state index in [4.69, 9.17) is 9.77 Å². The molecule has 0 radical (unpaired) electrons. The fourth-order valence-corrected chi connectivity index (χ4v) is 4.76. The Kier molecular flexibility index (Phi) is 6.67. The van der Waals surface area contributed by atoms with Crippen molar-refractivity contribution in [1.82, 2.24) is 20.1 Å². The van der Waals surface area contributed by atoms with Crippen molar-refractivity contribution in [3.8, 4) is 0 Å². The second-order valence-corrected chi connectivity index (χ2v) is 9.37. The first kappa shape index (κ1) is 21.1. The van der Waals surface area contributed by atoms with Crippen LogP contribution in [0.1, 0.15) is 12.1 Å². The first-order valence-corrected chi connectivity index (χ1v) is 11.2. The molecule has 1 fully saturated rings. The molecule has 4 N–H and O–H groups in total. The van der Waals surface area contributed by atoms with Crippen LogP contribution in [0.3, 0.4) is 0 Å². The van der Waals surface area contributed by atoms with Crippen LogP contribution in [0.15, 0.2) is 37.3 Å². The molecule has 28 heavy (non-hydrogen) atoms. The van der Waals surface area contributed by atoms with Crippen molar-refractivity contribution in [2.75, 3.05) is 18.8 Å². The second kappa shape index (κ2) is 8.84. The van der Waals surface area contributed by atoms with Gasteiger partial charge in [0.1, 0.15) is 5.82 Å².